The predicted octanol–water partition coefficient (Wildman–Crippen LogP) is 5.12. The lowest BCUT2D eigenvalue weighted by atomic mass is 10.1. The molecule has 0 aliphatic carbocycles. The van der Waals surface area contributed by atoms with Gasteiger partial charge in [0.2, 0.25) is 0 Å². The highest BCUT2D eigenvalue weighted by molar-refractivity contribution is 7.98. The van der Waals surface area contributed by atoms with Gasteiger partial charge in [-0.1, -0.05) is 36.0 Å². The third-order valence-corrected chi connectivity index (χ3v) is 6.20. The number of carbonyl (C=O) groups excluding carboxylic acids is 1. The van der Waals surface area contributed by atoms with Gasteiger partial charge in [-0.15, -0.1) is 10.2 Å². The van der Waals surface area contributed by atoms with E-state index in [1.807, 2.05) is 29.2 Å². The molecule has 3 aromatic rings. The van der Waals surface area contributed by atoms with Gasteiger partial charge in [0.1, 0.15) is 5.82 Å². The van der Waals surface area contributed by atoms with E-state index in [9.17, 15) is 18.0 Å². The number of rotatable bonds is 5. The van der Waals surface area contributed by atoms with Crippen LogP contribution in [0.2, 0.25) is 0 Å². The molecule has 0 unspecified atom stereocenters. The van der Waals surface area contributed by atoms with Gasteiger partial charge in [0.15, 0.2) is 5.16 Å². The number of likely N-dealkylation sites (tertiary alicyclic amines) is 1. The number of hydrogen-bond acceptors (Lipinski definition) is 4. The molecule has 2 heterocycles. The van der Waals surface area contributed by atoms with Gasteiger partial charge in [0, 0.05) is 30.1 Å². The molecule has 1 aliphatic rings. The molecule has 1 aromatic heterocycles. The molecule has 9 heteroatoms. The van der Waals surface area contributed by atoms with Crippen LogP contribution in [0.1, 0.15) is 40.2 Å². The third-order valence-electron chi connectivity index (χ3n) is 5.22. The Labute approximate surface area is 182 Å². The van der Waals surface area contributed by atoms with Crippen LogP contribution in [0.15, 0.2) is 53.7 Å². The smallest absolute Gasteiger partial charge is 0.339 e. The summed E-state index contributed by atoms with van der Waals surface area (Å²) in [5, 5.41) is 8.68. The molecular formula is C22H21F3N4OS. The second kappa shape index (κ2) is 8.74. The quantitative estimate of drug-likeness (QED) is 0.511. The maximum absolute atomic E-state index is 13.1. The highest BCUT2D eigenvalue weighted by atomic mass is 32.2. The average molecular weight is 446 g/mol. The summed E-state index contributed by atoms with van der Waals surface area (Å²) >= 11 is 1.34. The molecule has 4 rings (SSSR count). The predicted molar refractivity (Wildman–Crippen MR) is 112 cm³/mol. The Kier molecular flexibility index (Phi) is 6.04. The van der Waals surface area contributed by atoms with Crippen LogP contribution in [0.25, 0.3) is 5.69 Å². The zero-order chi connectivity index (χ0) is 22.0. The van der Waals surface area contributed by atoms with Gasteiger partial charge < -0.3 is 4.90 Å². The van der Waals surface area contributed by atoms with Crippen molar-refractivity contribution in [3.63, 3.8) is 0 Å². The van der Waals surface area contributed by atoms with E-state index >= 15 is 0 Å². The number of carbonyl (C=O) groups is 1. The van der Waals surface area contributed by atoms with Crippen LogP contribution in [0.3, 0.4) is 0 Å². The minimum atomic E-state index is -4.43. The van der Waals surface area contributed by atoms with Crippen LogP contribution in [-0.4, -0.2) is 38.7 Å². The summed E-state index contributed by atoms with van der Waals surface area (Å²) in [7, 11) is 0. The lowest BCUT2D eigenvalue weighted by Gasteiger charge is -2.17. The number of benzene rings is 2. The van der Waals surface area contributed by atoms with E-state index in [1.54, 1.807) is 17.6 Å². The molecule has 0 saturated carbocycles. The molecule has 1 saturated heterocycles. The molecule has 0 N–H and O–H groups in total. The van der Waals surface area contributed by atoms with Crippen LogP contribution < -0.4 is 0 Å². The molecule has 162 valence electrons. The van der Waals surface area contributed by atoms with E-state index in [-0.39, 0.29) is 5.91 Å². The Morgan fingerprint density at radius 3 is 2.55 bits per heavy atom. The molecule has 1 fully saturated rings. The van der Waals surface area contributed by atoms with Crippen LogP contribution in [0.4, 0.5) is 13.2 Å². The van der Waals surface area contributed by atoms with Gasteiger partial charge in [-0.3, -0.25) is 9.36 Å². The van der Waals surface area contributed by atoms with Crippen molar-refractivity contribution < 1.29 is 18.0 Å². The Hall–Kier alpha value is -2.81. The fourth-order valence-corrected chi connectivity index (χ4v) is 4.64. The first kappa shape index (κ1) is 21.4. The second-order valence-corrected chi connectivity index (χ2v) is 8.30. The highest BCUT2D eigenvalue weighted by Crippen LogP contribution is 2.32. The Bertz CT molecular complexity index is 1090. The number of alkyl halides is 3. The van der Waals surface area contributed by atoms with Gasteiger partial charge in [-0.25, -0.2) is 0 Å². The normalized spacial score (nSPS) is 14.3. The standard InChI is InChI=1S/C22H21F3N4OS/c1-15-26-27-21(29(15)18-9-6-8-17(13-18)22(23,24)25)31-14-16-7-2-3-10-19(16)20(30)28-11-4-5-12-28/h2-3,6-10,13H,4-5,11-12,14H2,1H3. The molecule has 1 amide bonds. The Balaban J connectivity index is 1.59. The van der Waals surface area contributed by atoms with Crippen LogP contribution in [0, 0.1) is 6.92 Å². The molecule has 1 aliphatic heterocycles. The van der Waals surface area contributed by atoms with Crippen molar-refractivity contribution in [2.45, 2.75) is 36.9 Å². The number of halogens is 3. The lowest BCUT2D eigenvalue weighted by Crippen LogP contribution is -2.28. The third kappa shape index (κ3) is 4.61. The first-order chi connectivity index (χ1) is 14.8. The Morgan fingerprint density at radius 2 is 1.81 bits per heavy atom. The van der Waals surface area contributed by atoms with Gasteiger partial charge >= 0.3 is 6.18 Å². The molecule has 31 heavy (non-hydrogen) atoms. The van der Waals surface area contributed by atoms with Crippen LogP contribution in [-0.2, 0) is 11.9 Å². The van der Waals surface area contributed by atoms with E-state index in [0.717, 1.165) is 43.6 Å². The van der Waals surface area contributed by atoms with Crippen molar-refractivity contribution in [2.24, 2.45) is 0 Å². The molecule has 0 spiro atoms. The fraction of sp³-hybridized carbons (Fsp3) is 0.318. The van der Waals surface area contributed by atoms with Crippen molar-refractivity contribution in [3.8, 4) is 5.69 Å². The average Bonchev–Trinajstić information content (AvgIpc) is 3.41. The van der Waals surface area contributed by atoms with Crippen molar-refractivity contribution in [1.82, 2.24) is 19.7 Å². The lowest BCUT2D eigenvalue weighted by molar-refractivity contribution is -0.137. The summed E-state index contributed by atoms with van der Waals surface area (Å²) in [5.41, 5.74) is 1.14. The highest BCUT2D eigenvalue weighted by Gasteiger charge is 2.31. The number of amides is 1. The van der Waals surface area contributed by atoms with Crippen molar-refractivity contribution >= 4 is 17.7 Å². The summed E-state index contributed by atoms with van der Waals surface area (Å²) in [6.07, 6.45) is -2.40. The van der Waals surface area contributed by atoms with Gasteiger partial charge in [0.05, 0.1) is 5.56 Å². The SMILES string of the molecule is Cc1nnc(SCc2ccccc2C(=O)N2CCCC2)n1-c1cccc(C(F)(F)F)c1. The van der Waals surface area contributed by atoms with Gasteiger partial charge in [-0.05, 0) is 49.6 Å². The number of nitrogens with zero attached hydrogens (tertiary/aromatic N) is 4. The molecule has 2 aromatic carbocycles. The first-order valence-corrected chi connectivity index (χ1v) is 10.9. The molecule has 0 radical (unpaired) electrons. The number of aromatic nitrogens is 3. The molecule has 5 nitrogen and oxygen atoms in total. The van der Waals surface area contributed by atoms with Crippen LogP contribution >= 0.6 is 11.8 Å². The summed E-state index contributed by atoms with van der Waals surface area (Å²) in [4.78, 5) is 14.7. The Morgan fingerprint density at radius 1 is 1.06 bits per heavy atom. The monoisotopic (exact) mass is 446 g/mol. The maximum atomic E-state index is 13.1. The zero-order valence-electron chi connectivity index (χ0n) is 16.9. The molecule has 0 atom stereocenters. The van der Waals surface area contributed by atoms with Crippen molar-refractivity contribution in [2.75, 3.05) is 13.1 Å². The fourth-order valence-electron chi connectivity index (χ4n) is 3.64. The van der Waals surface area contributed by atoms with Gasteiger partial charge in [0.25, 0.3) is 5.91 Å². The maximum Gasteiger partial charge on any atom is 0.416 e. The summed E-state index contributed by atoms with van der Waals surface area (Å²) < 4.78 is 41.0. The second-order valence-electron chi connectivity index (χ2n) is 7.36. The number of thioether (sulfide) groups is 1. The minimum Gasteiger partial charge on any atom is -0.339 e. The van der Waals surface area contributed by atoms with Crippen molar-refractivity contribution in [1.29, 1.82) is 0 Å². The van der Waals surface area contributed by atoms with E-state index in [0.29, 0.717) is 28.0 Å². The van der Waals surface area contributed by atoms with E-state index in [2.05, 4.69) is 10.2 Å². The number of aryl methyl sites for hydroxylation is 1. The van der Waals surface area contributed by atoms with E-state index in [1.165, 1.54) is 17.8 Å². The first-order valence-electron chi connectivity index (χ1n) is 9.94. The van der Waals surface area contributed by atoms with E-state index in [4.69, 9.17) is 0 Å². The topological polar surface area (TPSA) is 51.0 Å². The largest absolute Gasteiger partial charge is 0.416 e. The van der Waals surface area contributed by atoms with Gasteiger partial charge in [-0.2, -0.15) is 13.2 Å². The number of hydrogen-bond donors (Lipinski definition) is 0. The summed E-state index contributed by atoms with van der Waals surface area (Å²) in [6.45, 7) is 3.23. The summed E-state index contributed by atoms with van der Waals surface area (Å²) in [5.74, 6) is 0.958. The van der Waals surface area contributed by atoms with Crippen molar-refractivity contribution in [3.05, 3.63) is 71.0 Å². The van der Waals surface area contributed by atoms with Crippen LogP contribution in [0.5, 0.6) is 0 Å². The molecular weight excluding hydrogens is 425 g/mol. The minimum absolute atomic E-state index is 0.0178. The zero-order valence-corrected chi connectivity index (χ0v) is 17.7. The summed E-state index contributed by atoms with van der Waals surface area (Å²) in [6, 6.07) is 12.5. The molecule has 0 bridgehead atoms. The van der Waals surface area contributed by atoms with E-state index < -0.39 is 11.7 Å².